The van der Waals surface area contributed by atoms with Gasteiger partial charge in [0.15, 0.2) is 0 Å². The fraction of sp³-hybridized carbons (Fsp3) is 0.500. The molecule has 0 N–H and O–H groups in total. The average molecular weight is 375 g/mol. The van der Waals surface area contributed by atoms with Crippen LogP contribution in [0.5, 0.6) is 0 Å². The molecule has 0 spiro atoms. The van der Waals surface area contributed by atoms with Crippen LogP contribution in [0, 0.1) is 0 Å². The standard InChI is InChI=1S/C18H21N3O4S/c22-16(20-6-9-24-10-7-20)12-26-17-14-4-1-5-15(14)21(18(23)19-17)11-13-3-2-8-25-13/h2-3,8H,1,4-7,9-12H2. The molecule has 7 nitrogen and oxygen atoms in total. The quantitative estimate of drug-likeness (QED) is 0.580. The highest BCUT2D eigenvalue weighted by atomic mass is 32.2. The predicted octanol–water partition coefficient (Wildman–Crippen LogP) is 1.32. The summed E-state index contributed by atoms with van der Waals surface area (Å²) in [6.07, 6.45) is 4.37. The lowest BCUT2D eigenvalue weighted by molar-refractivity contribution is -0.132. The van der Waals surface area contributed by atoms with Crippen LogP contribution in [0.15, 0.2) is 32.6 Å². The van der Waals surface area contributed by atoms with E-state index in [0.29, 0.717) is 43.6 Å². The summed E-state index contributed by atoms with van der Waals surface area (Å²) < 4.78 is 12.4. The molecule has 8 heteroatoms. The summed E-state index contributed by atoms with van der Waals surface area (Å²) in [6.45, 7) is 2.85. The Balaban J connectivity index is 1.52. The van der Waals surface area contributed by atoms with Gasteiger partial charge in [0, 0.05) is 24.3 Å². The van der Waals surface area contributed by atoms with Gasteiger partial charge < -0.3 is 14.1 Å². The average Bonchev–Trinajstić information content (AvgIpc) is 3.34. The van der Waals surface area contributed by atoms with Gasteiger partial charge in [0.25, 0.3) is 0 Å². The van der Waals surface area contributed by atoms with Crippen molar-refractivity contribution in [3.63, 3.8) is 0 Å². The second-order valence-corrected chi connectivity index (χ2v) is 7.39. The van der Waals surface area contributed by atoms with Gasteiger partial charge in [0.2, 0.25) is 5.91 Å². The van der Waals surface area contributed by atoms with Crippen molar-refractivity contribution in [2.24, 2.45) is 0 Å². The number of ether oxygens (including phenoxy) is 1. The van der Waals surface area contributed by atoms with E-state index >= 15 is 0 Å². The summed E-state index contributed by atoms with van der Waals surface area (Å²) >= 11 is 1.38. The minimum absolute atomic E-state index is 0.0756. The number of thioether (sulfide) groups is 1. The molecule has 1 saturated heterocycles. The van der Waals surface area contributed by atoms with E-state index in [4.69, 9.17) is 9.15 Å². The summed E-state index contributed by atoms with van der Waals surface area (Å²) in [5.41, 5.74) is 1.86. The van der Waals surface area contributed by atoms with Crippen molar-refractivity contribution >= 4 is 17.7 Å². The Morgan fingerprint density at radius 1 is 1.27 bits per heavy atom. The summed E-state index contributed by atoms with van der Waals surface area (Å²) in [6, 6.07) is 3.67. The topological polar surface area (TPSA) is 77.6 Å². The minimum atomic E-state index is -0.275. The SMILES string of the molecule is O=C(CSc1nc(=O)n(Cc2ccco2)c2c1CCC2)N1CCOCC1. The molecule has 0 aromatic carbocycles. The Kier molecular flexibility index (Phi) is 5.12. The van der Waals surface area contributed by atoms with Gasteiger partial charge in [-0.1, -0.05) is 11.8 Å². The number of morpholine rings is 1. The van der Waals surface area contributed by atoms with Crippen LogP contribution in [0.3, 0.4) is 0 Å². The second kappa shape index (κ2) is 7.67. The van der Waals surface area contributed by atoms with E-state index in [9.17, 15) is 9.59 Å². The number of carbonyl (C=O) groups is 1. The maximum absolute atomic E-state index is 12.6. The molecule has 26 heavy (non-hydrogen) atoms. The molecular weight excluding hydrogens is 354 g/mol. The molecule has 1 amide bonds. The highest BCUT2D eigenvalue weighted by Gasteiger charge is 2.24. The number of fused-ring (bicyclic) bond motifs is 1. The first kappa shape index (κ1) is 17.4. The fourth-order valence-corrected chi connectivity index (χ4v) is 4.44. The monoisotopic (exact) mass is 375 g/mol. The van der Waals surface area contributed by atoms with Crippen LogP contribution < -0.4 is 5.69 Å². The number of carbonyl (C=O) groups excluding carboxylic acids is 1. The third-order valence-corrected chi connectivity index (χ3v) is 5.79. The van der Waals surface area contributed by atoms with Crippen LogP contribution in [0.25, 0.3) is 0 Å². The van der Waals surface area contributed by atoms with Gasteiger partial charge in [-0.05, 0) is 31.4 Å². The van der Waals surface area contributed by atoms with Gasteiger partial charge in [-0.15, -0.1) is 0 Å². The van der Waals surface area contributed by atoms with E-state index in [0.717, 1.165) is 36.3 Å². The third kappa shape index (κ3) is 3.57. The molecule has 0 bridgehead atoms. The molecule has 1 aliphatic heterocycles. The van der Waals surface area contributed by atoms with Gasteiger partial charge in [-0.2, -0.15) is 4.98 Å². The molecule has 0 unspecified atom stereocenters. The summed E-state index contributed by atoms with van der Waals surface area (Å²) in [7, 11) is 0. The van der Waals surface area contributed by atoms with E-state index in [2.05, 4.69) is 4.98 Å². The molecule has 3 heterocycles. The molecule has 2 aromatic heterocycles. The first-order valence-corrected chi connectivity index (χ1v) is 9.84. The highest BCUT2D eigenvalue weighted by molar-refractivity contribution is 7.99. The zero-order valence-electron chi connectivity index (χ0n) is 14.5. The van der Waals surface area contributed by atoms with Crippen molar-refractivity contribution in [2.45, 2.75) is 30.8 Å². The lowest BCUT2D eigenvalue weighted by Crippen LogP contribution is -2.41. The highest BCUT2D eigenvalue weighted by Crippen LogP contribution is 2.29. The molecular formula is C18H21N3O4S. The van der Waals surface area contributed by atoms with E-state index in [1.165, 1.54) is 11.8 Å². The summed E-state index contributed by atoms with van der Waals surface area (Å²) in [5, 5.41) is 0.708. The maximum atomic E-state index is 12.6. The molecule has 0 atom stereocenters. The van der Waals surface area contributed by atoms with Gasteiger partial charge in [0.1, 0.15) is 10.8 Å². The van der Waals surface area contributed by atoms with E-state index < -0.39 is 0 Å². The van der Waals surface area contributed by atoms with Crippen LogP contribution in [0.2, 0.25) is 0 Å². The van der Waals surface area contributed by atoms with Crippen molar-refractivity contribution in [3.8, 4) is 0 Å². The Bertz CT molecular complexity index is 841. The van der Waals surface area contributed by atoms with E-state index in [-0.39, 0.29) is 11.6 Å². The maximum Gasteiger partial charge on any atom is 0.349 e. The first-order valence-electron chi connectivity index (χ1n) is 8.85. The van der Waals surface area contributed by atoms with Gasteiger partial charge in [0.05, 0.1) is 31.8 Å². The molecule has 0 saturated carbocycles. The molecule has 1 aliphatic carbocycles. The number of amides is 1. The Morgan fingerprint density at radius 3 is 2.88 bits per heavy atom. The van der Waals surface area contributed by atoms with Gasteiger partial charge in [-0.3, -0.25) is 9.36 Å². The normalized spacial score (nSPS) is 16.7. The van der Waals surface area contributed by atoms with E-state index in [1.54, 1.807) is 10.8 Å². The van der Waals surface area contributed by atoms with Crippen molar-refractivity contribution in [1.29, 1.82) is 0 Å². The summed E-state index contributed by atoms with van der Waals surface area (Å²) in [4.78, 5) is 31.0. The zero-order valence-corrected chi connectivity index (χ0v) is 15.3. The molecule has 1 fully saturated rings. The van der Waals surface area contributed by atoms with Crippen LogP contribution in [-0.4, -0.2) is 52.4 Å². The second-order valence-electron chi connectivity index (χ2n) is 6.43. The van der Waals surface area contributed by atoms with Gasteiger partial charge in [-0.25, -0.2) is 4.79 Å². The molecule has 138 valence electrons. The number of nitrogens with zero attached hydrogens (tertiary/aromatic N) is 3. The molecule has 4 rings (SSSR count). The Morgan fingerprint density at radius 2 is 2.12 bits per heavy atom. The largest absolute Gasteiger partial charge is 0.467 e. The first-order chi connectivity index (χ1) is 12.7. The van der Waals surface area contributed by atoms with Crippen LogP contribution in [0.4, 0.5) is 0 Å². The smallest absolute Gasteiger partial charge is 0.349 e. The van der Waals surface area contributed by atoms with Crippen molar-refractivity contribution in [3.05, 3.63) is 45.9 Å². The fourth-order valence-electron chi connectivity index (χ4n) is 3.46. The Hall–Kier alpha value is -2.06. The number of hydrogen-bond donors (Lipinski definition) is 0. The summed E-state index contributed by atoms with van der Waals surface area (Å²) in [5.74, 6) is 1.12. The third-order valence-electron chi connectivity index (χ3n) is 4.79. The van der Waals surface area contributed by atoms with Crippen LogP contribution >= 0.6 is 11.8 Å². The van der Waals surface area contributed by atoms with Crippen molar-refractivity contribution in [2.75, 3.05) is 32.1 Å². The number of aromatic nitrogens is 2. The lowest BCUT2D eigenvalue weighted by Gasteiger charge is -2.26. The van der Waals surface area contributed by atoms with Crippen LogP contribution in [-0.2, 0) is 28.9 Å². The number of hydrogen-bond acceptors (Lipinski definition) is 6. The lowest BCUT2D eigenvalue weighted by atomic mass is 10.2. The zero-order chi connectivity index (χ0) is 17.9. The van der Waals surface area contributed by atoms with Crippen LogP contribution in [0.1, 0.15) is 23.4 Å². The van der Waals surface area contributed by atoms with Crippen molar-refractivity contribution < 1.29 is 13.9 Å². The van der Waals surface area contributed by atoms with E-state index in [1.807, 2.05) is 17.0 Å². The molecule has 0 radical (unpaired) electrons. The van der Waals surface area contributed by atoms with Crippen molar-refractivity contribution in [1.82, 2.24) is 14.5 Å². The number of rotatable bonds is 5. The number of furan rings is 1. The predicted molar refractivity (Wildman–Crippen MR) is 96.5 cm³/mol. The molecule has 2 aliphatic rings. The molecule has 2 aromatic rings. The minimum Gasteiger partial charge on any atom is -0.467 e. The Labute approximate surface area is 155 Å². The van der Waals surface area contributed by atoms with Gasteiger partial charge >= 0.3 is 5.69 Å².